The van der Waals surface area contributed by atoms with Crippen molar-refractivity contribution >= 4 is 17.9 Å². The van der Waals surface area contributed by atoms with Gasteiger partial charge in [-0.1, -0.05) is 6.92 Å². The van der Waals surface area contributed by atoms with Crippen molar-refractivity contribution in [1.29, 1.82) is 0 Å². The van der Waals surface area contributed by atoms with Crippen molar-refractivity contribution in [2.24, 2.45) is 46.3 Å². The number of esters is 3. The third-order valence-corrected chi connectivity index (χ3v) is 8.74. The Labute approximate surface area is 154 Å². The van der Waals surface area contributed by atoms with Gasteiger partial charge in [0.25, 0.3) is 0 Å². The summed E-state index contributed by atoms with van der Waals surface area (Å²) in [6.45, 7) is 5.93. The topological polar surface area (TPSA) is 69.7 Å². The molecule has 1 aliphatic heterocycles. The van der Waals surface area contributed by atoms with Crippen LogP contribution in [0.15, 0.2) is 0 Å². The summed E-state index contributed by atoms with van der Waals surface area (Å²) in [6.07, 6.45) is 5.01. The molecule has 4 saturated carbocycles. The fourth-order valence-electron chi connectivity index (χ4n) is 7.31. The second-order valence-electron chi connectivity index (χ2n) is 10.1. The van der Waals surface area contributed by atoms with Crippen LogP contribution < -0.4 is 0 Å². The van der Waals surface area contributed by atoms with E-state index in [1.165, 1.54) is 0 Å². The van der Waals surface area contributed by atoms with Crippen LogP contribution in [0.5, 0.6) is 0 Å². The maximum atomic E-state index is 12.5. The van der Waals surface area contributed by atoms with E-state index >= 15 is 0 Å². The highest BCUT2D eigenvalue weighted by atomic mass is 16.6. The summed E-state index contributed by atoms with van der Waals surface area (Å²) in [5, 5.41) is 0. The molecule has 4 bridgehead atoms. The monoisotopic (exact) mass is 360 g/mol. The van der Waals surface area contributed by atoms with Crippen LogP contribution in [-0.4, -0.2) is 24.0 Å². The molecule has 8 atom stereocenters. The van der Waals surface area contributed by atoms with E-state index in [4.69, 9.17) is 9.47 Å². The first-order valence-corrected chi connectivity index (χ1v) is 10.2. The van der Waals surface area contributed by atoms with Crippen molar-refractivity contribution in [2.45, 2.75) is 65.4 Å². The Kier molecular flexibility index (Phi) is 3.29. The molecular formula is C21H28O5. The molecule has 1 saturated heterocycles. The predicted octanol–water partition coefficient (Wildman–Crippen LogP) is 3.11. The molecule has 5 rings (SSSR count). The van der Waals surface area contributed by atoms with Gasteiger partial charge in [0, 0.05) is 0 Å². The lowest BCUT2D eigenvalue weighted by Crippen LogP contribution is -2.46. The molecule has 0 aromatic rings. The molecular weight excluding hydrogens is 332 g/mol. The SMILES string of the molecule is CCC(C)(C)C(=O)OC1CC2CC1C1C3CC(C21)C1(CC(=O)OC1=O)C3. The minimum atomic E-state index is -0.524. The Hall–Kier alpha value is -1.39. The van der Waals surface area contributed by atoms with Crippen LogP contribution >= 0.6 is 0 Å². The van der Waals surface area contributed by atoms with Crippen LogP contribution in [0.1, 0.15) is 59.3 Å². The molecule has 0 N–H and O–H groups in total. The molecule has 5 aliphatic rings. The van der Waals surface area contributed by atoms with E-state index in [1.54, 1.807) is 0 Å². The van der Waals surface area contributed by atoms with Gasteiger partial charge in [-0.2, -0.15) is 0 Å². The summed E-state index contributed by atoms with van der Waals surface area (Å²) in [4.78, 5) is 36.7. The maximum Gasteiger partial charge on any atom is 0.320 e. The van der Waals surface area contributed by atoms with E-state index in [2.05, 4.69) is 0 Å². The van der Waals surface area contributed by atoms with Gasteiger partial charge in [-0.05, 0) is 81.5 Å². The smallest absolute Gasteiger partial charge is 0.320 e. The zero-order chi connectivity index (χ0) is 18.4. The lowest BCUT2D eigenvalue weighted by atomic mass is 9.60. The van der Waals surface area contributed by atoms with Gasteiger partial charge >= 0.3 is 17.9 Å². The van der Waals surface area contributed by atoms with Crippen LogP contribution in [0.3, 0.4) is 0 Å². The molecule has 5 nitrogen and oxygen atoms in total. The third kappa shape index (κ3) is 1.95. The molecule has 142 valence electrons. The molecule has 4 aliphatic carbocycles. The molecule has 0 aromatic carbocycles. The van der Waals surface area contributed by atoms with E-state index in [0.717, 1.165) is 32.1 Å². The summed E-state index contributed by atoms with van der Waals surface area (Å²) < 4.78 is 10.9. The second-order valence-corrected chi connectivity index (χ2v) is 10.1. The van der Waals surface area contributed by atoms with Gasteiger partial charge in [-0.15, -0.1) is 0 Å². The highest BCUT2D eigenvalue weighted by molar-refractivity contribution is 5.98. The summed E-state index contributed by atoms with van der Waals surface area (Å²) in [6, 6.07) is 0. The van der Waals surface area contributed by atoms with E-state index < -0.39 is 10.8 Å². The standard InChI is InChI=1S/C21H28O5/c1-4-20(2,3)18(23)25-14-7-10-5-12(14)16-11-6-13(17(10)16)21(8-11)9-15(22)26-19(21)24/h10-14,16-17H,4-9H2,1-3H3. The lowest BCUT2D eigenvalue weighted by Gasteiger charge is -2.44. The van der Waals surface area contributed by atoms with Gasteiger partial charge in [-0.25, -0.2) is 0 Å². The quantitative estimate of drug-likeness (QED) is 0.439. The molecule has 8 unspecified atom stereocenters. The number of cyclic esters (lactones) is 2. The molecule has 1 spiro atoms. The first-order valence-electron chi connectivity index (χ1n) is 10.2. The van der Waals surface area contributed by atoms with Crippen LogP contribution in [0.25, 0.3) is 0 Å². The van der Waals surface area contributed by atoms with Gasteiger partial charge in [0.15, 0.2) is 0 Å². The zero-order valence-electron chi connectivity index (χ0n) is 15.8. The largest absolute Gasteiger partial charge is 0.462 e. The number of hydrogen-bond acceptors (Lipinski definition) is 5. The van der Waals surface area contributed by atoms with E-state index in [1.807, 2.05) is 20.8 Å². The molecule has 5 heteroatoms. The fraction of sp³-hybridized carbons (Fsp3) is 0.857. The van der Waals surface area contributed by atoms with Gasteiger partial charge in [0.1, 0.15) is 6.10 Å². The Balaban J connectivity index is 1.35. The highest BCUT2D eigenvalue weighted by Gasteiger charge is 2.73. The zero-order valence-corrected chi connectivity index (χ0v) is 15.8. The van der Waals surface area contributed by atoms with Crippen LogP contribution in [0.4, 0.5) is 0 Å². The van der Waals surface area contributed by atoms with Crippen LogP contribution in [0, 0.1) is 46.3 Å². The van der Waals surface area contributed by atoms with Crippen molar-refractivity contribution < 1.29 is 23.9 Å². The van der Waals surface area contributed by atoms with E-state index in [0.29, 0.717) is 35.5 Å². The number of rotatable bonds is 3. The molecule has 26 heavy (non-hydrogen) atoms. The van der Waals surface area contributed by atoms with Crippen LogP contribution in [0.2, 0.25) is 0 Å². The molecule has 5 fully saturated rings. The summed E-state index contributed by atoms with van der Waals surface area (Å²) in [7, 11) is 0. The predicted molar refractivity (Wildman–Crippen MR) is 91.5 cm³/mol. The van der Waals surface area contributed by atoms with Gasteiger partial charge in [-0.3, -0.25) is 14.4 Å². The third-order valence-electron chi connectivity index (χ3n) is 8.74. The van der Waals surface area contributed by atoms with Crippen molar-refractivity contribution in [2.75, 3.05) is 0 Å². The van der Waals surface area contributed by atoms with Crippen molar-refractivity contribution in [3.05, 3.63) is 0 Å². The number of hydrogen-bond donors (Lipinski definition) is 0. The Morgan fingerprint density at radius 2 is 1.96 bits per heavy atom. The van der Waals surface area contributed by atoms with Crippen molar-refractivity contribution in [1.82, 2.24) is 0 Å². The molecule has 1 heterocycles. The average molecular weight is 360 g/mol. The normalized spacial score (nSPS) is 48.3. The number of carbonyl (C=O) groups excluding carboxylic acids is 3. The molecule has 0 amide bonds. The van der Waals surface area contributed by atoms with Gasteiger partial charge in [0.2, 0.25) is 0 Å². The Bertz CT molecular complexity index is 697. The summed E-state index contributed by atoms with van der Waals surface area (Å²) in [5.41, 5.74) is -0.947. The van der Waals surface area contributed by atoms with Crippen LogP contribution in [-0.2, 0) is 23.9 Å². The molecule has 0 radical (unpaired) electrons. The summed E-state index contributed by atoms with van der Waals surface area (Å²) in [5.74, 6) is 2.18. The fourth-order valence-corrected chi connectivity index (χ4v) is 7.31. The minimum absolute atomic E-state index is 0.0482. The highest BCUT2D eigenvalue weighted by Crippen LogP contribution is 2.73. The van der Waals surface area contributed by atoms with E-state index in [-0.39, 0.29) is 30.4 Å². The minimum Gasteiger partial charge on any atom is -0.462 e. The maximum absolute atomic E-state index is 12.5. The van der Waals surface area contributed by atoms with E-state index in [9.17, 15) is 14.4 Å². The van der Waals surface area contributed by atoms with Crippen molar-refractivity contribution in [3.63, 3.8) is 0 Å². The first-order chi connectivity index (χ1) is 12.3. The first kappa shape index (κ1) is 16.8. The Morgan fingerprint density at radius 1 is 1.19 bits per heavy atom. The second kappa shape index (κ2) is 5.11. The lowest BCUT2D eigenvalue weighted by molar-refractivity contribution is -0.166. The average Bonchev–Trinajstić information content (AvgIpc) is 3.34. The summed E-state index contributed by atoms with van der Waals surface area (Å²) >= 11 is 0. The van der Waals surface area contributed by atoms with Gasteiger partial charge in [0.05, 0.1) is 17.3 Å². The van der Waals surface area contributed by atoms with Gasteiger partial charge < -0.3 is 9.47 Å². The number of ether oxygens (including phenoxy) is 2. The Morgan fingerprint density at radius 3 is 2.62 bits per heavy atom. The van der Waals surface area contributed by atoms with Crippen molar-refractivity contribution in [3.8, 4) is 0 Å². The molecule has 0 aromatic heterocycles. The number of carbonyl (C=O) groups is 3. The number of fused-ring (bicyclic) bond motifs is 10.